The van der Waals surface area contributed by atoms with Crippen molar-refractivity contribution in [3.8, 4) is 0 Å². The van der Waals surface area contributed by atoms with E-state index in [1.54, 1.807) is 6.07 Å². The van der Waals surface area contributed by atoms with Gasteiger partial charge < -0.3 is 9.30 Å². The molecule has 0 aliphatic heterocycles. The molecule has 29 heavy (non-hydrogen) atoms. The third kappa shape index (κ3) is 4.08. The van der Waals surface area contributed by atoms with Crippen LogP contribution >= 0.6 is 11.6 Å². The van der Waals surface area contributed by atoms with Crippen molar-refractivity contribution in [2.75, 3.05) is 7.11 Å². The molecule has 0 saturated heterocycles. The molecule has 0 saturated carbocycles. The Morgan fingerprint density at radius 2 is 1.86 bits per heavy atom. The Kier molecular flexibility index (Phi) is 6.43. The second-order valence-electron chi connectivity index (χ2n) is 7.50. The highest BCUT2D eigenvalue weighted by atomic mass is 35.5. The number of rotatable bonds is 7. The standard InChI is InChI=1S/C24H26ClNO3/c1-5-8-19-18-12-11-16(24(28)29-4)13-21(18)26(22(19)23(27)15(2)3)14-17-9-6-7-10-20(17)25/h6-7,9-13,15H,5,8,14H2,1-4H3. The van der Waals surface area contributed by atoms with Crippen LogP contribution in [0.25, 0.3) is 10.9 Å². The summed E-state index contributed by atoms with van der Waals surface area (Å²) in [6.07, 6.45) is 1.71. The fourth-order valence-electron chi connectivity index (χ4n) is 3.69. The van der Waals surface area contributed by atoms with E-state index >= 15 is 0 Å². The number of Topliss-reactive ketones (excluding diaryl/α,β-unsaturated/α-hetero) is 1. The molecule has 5 heteroatoms. The molecule has 0 unspecified atom stereocenters. The minimum Gasteiger partial charge on any atom is -0.465 e. The Morgan fingerprint density at radius 3 is 2.48 bits per heavy atom. The van der Waals surface area contributed by atoms with Crippen LogP contribution in [0.15, 0.2) is 42.5 Å². The number of carbonyl (C=O) groups is 2. The summed E-state index contributed by atoms with van der Waals surface area (Å²) >= 11 is 6.42. The first-order valence-corrected chi connectivity index (χ1v) is 10.3. The van der Waals surface area contributed by atoms with E-state index in [1.165, 1.54) is 7.11 Å². The van der Waals surface area contributed by atoms with Gasteiger partial charge in [-0.3, -0.25) is 4.79 Å². The van der Waals surface area contributed by atoms with Crippen LogP contribution in [-0.4, -0.2) is 23.4 Å². The van der Waals surface area contributed by atoms with Crippen LogP contribution in [0.3, 0.4) is 0 Å². The van der Waals surface area contributed by atoms with Gasteiger partial charge in [-0.1, -0.05) is 63.1 Å². The fourth-order valence-corrected chi connectivity index (χ4v) is 3.88. The van der Waals surface area contributed by atoms with Gasteiger partial charge in [0, 0.05) is 22.9 Å². The summed E-state index contributed by atoms with van der Waals surface area (Å²) in [6.45, 7) is 6.38. The number of fused-ring (bicyclic) bond motifs is 1. The van der Waals surface area contributed by atoms with Crippen LogP contribution in [0.4, 0.5) is 0 Å². The molecule has 0 fully saturated rings. The summed E-state index contributed by atoms with van der Waals surface area (Å²) in [7, 11) is 1.37. The number of hydrogen-bond acceptors (Lipinski definition) is 3. The molecule has 0 bridgehead atoms. The van der Waals surface area contributed by atoms with Gasteiger partial charge in [-0.2, -0.15) is 0 Å². The van der Waals surface area contributed by atoms with Crippen molar-refractivity contribution in [3.05, 3.63) is 69.9 Å². The smallest absolute Gasteiger partial charge is 0.337 e. The molecular formula is C24H26ClNO3. The molecule has 1 heterocycles. The highest BCUT2D eigenvalue weighted by Crippen LogP contribution is 2.32. The SMILES string of the molecule is CCCc1c(C(=O)C(C)C)n(Cc2ccccc2Cl)c2cc(C(=O)OC)ccc12. The zero-order valence-corrected chi connectivity index (χ0v) is 18.0. The maximum Gasteiger partial charge on any atom is 0.337 e. The number of ether oxygens (including phenoxy) is 1. The van der Waals surface area contributed by atoms with E-state index in [1.807, 2.05) is 54.8 Å². The number of halogens is 1. The van der Waals surface area contributed by atoms with E-state index in [2.05, 4.69) is 6.92 Å². The average Bonchev–Trinajstić information content (AvgIpc) is 3.01. The lowest BCUT2D eigenvalue weighted by molar-refractivity contribution is 0.0600. The summed E-state index contributed by atoms with van der Waals surface area (Å²) in [6, 6.07) is 13.1. The summed E-state index contributed by atoms with van der Waals surface area (Å²) < 4.78 is 6.91. The number of carbonyl (C=O) groups excluding carboxylic acids is 2. The van der Waals surface area contributed by atoms with Gasteiger partial charge in [0.15, 0.2) is 5.78 Å². The van der Waals surface area contributed by atoms with Crippen molar-refractivity contribution < 1.29 is 14.3 Å². The van der Waals surface area contributed by atoms with Crippen LogP contribution in [0.1, 0.15) is 59.2 Å². The molecule has 0 spiro atoms. The van der Waals surface area contributed by atoms with Crippen molar-refractivity contribution in [2.45, 2.75) is 40.2 Å². The topological polar surface area (TPSA) is 48.3 Å². The van der Waals surface area contributed by atoms with E-state index < -0.39 is 5.97 Å². The van der Waals surface area contributed by atoms with Gasteiger partial charge in [-0.05, 0) is 35.7 Å². The van der Waals surface area contributed by atoms with E-state index in [9.17, 15) is 9.59 Å². The highest BCUT2D eigenvalue weighted by molar-refractivity contribution is 6.31. The number of aryl methyl sites for hydroxylation is 1. The number of methoxy groups -OCH3 is 1. The molecular weight excluding hydrogens is 386 g/mol. The molecule has 152 valence electrons. The minimum atomic E-state index is -0.397. The van der Waals surface area contributed by atoms with Gasteiger partial charge in [0.05, 0.1) is 23.9 Å². The van der Waals surface area contributed by atoms with Gasteiger partial charge in [0.1, 0.15) is 0 Å². The molecule has 2 aromatic carbocycles. The monoisotopic (exact) mass is 411 g/mol. The largest absolute Gasteiger partial charge is 0.465 e. The van der Waals surface area contributed by atoms with Gasteiger partial charge in [0.25, 0.3) is 0 Å². The van der Waals surface area contributed by atoms with Gasteiger partial charge >= 0.3 is 5.97 Å². The number of ketones is 1. The zero-order chi connectivity index (χ0) is 21.1. The number of benzene rings is 2. The number of esters is 1. The van der Waals surface area contributed by atoms with Gasteiger partial charge in [-0.25, -0.2) is 4.79 Å². The van der Waals surface area contributed by atoms with Crippen molar-refractivity contribution in [3.63, 3.8) is 0 Å². The minimum absolute atomic E-state index is 0.0938. The van der Waals surface area contributed by atoms with E-state index in [4.69, 9.17) is 16.3 Å². The summed E-state index contributed by atoms with van der Waals surface area (Å²) in [4.78, 5) is 25.4. The number of aromatic nitrogens is 1. The van der Waals surface area contributed by atoms with Gasteiger partial charge in [-0.15, -0.1) is 0 Å². The van der Waals surface area contributed by atoms with Crippen LogP contribution in [0.5, 0.6) is 0 Å². The maximum absolute atomic E-state index is 13.2. The molecule has 3 rings (SSSR count). The Bertz CT molecular complexity index is 1070. The van der Waals surface area contributed by atoms with E-state index in [0.717, 1.165) is 34.9 Å². The summed E-state index contributed by atoms with van der Waals surface area (Å²) in [5.41, 5.74) is 3.98. The molecule has 3 aromatic rings. The quantitative estimate of drug-likeness (QED) is 0.358. The van der Waals surface area contributed by atoms with E-state index in [0.29, 0.717) is 22.8 Å². The Morgan fingerprint density at radius 1 is 1.14 bits per heavy atom. The second kappa shape index (κ2) is 8.83. The molecule has 0 aliphatic rings. The Labute approximate surface area is 176 Å². The first kappa shape index (κ1) is 21.1. The molecule has 0 aliphatic carbocycles. The molecule has 0 radical (unpaired) electrons. The number of hydrogen-bond donors (Lipinski definition) is 0. The summed E-state index contributed by atoms with van der Waals surface area (Å²) in [5, 5.41) is 1.65. The van der Waals surface area contributed by atoms with Gasteiger partial charge in [0.2, 0.25) is 0 Å². The van der Waals surface area contributed by atoms with Crippen molar-refractivity contribution in [1.82, 2.24) is 4.57 Å². The first-order valence-electron chi connectivity index (χ1n) is 9.90. The van der Waals surface area contributed by atoms with Crippen LogP contribution in [0.2, 0.25) is 5.02 Å². The predicted octanol–water partition coefficient (Wildman–Crippen LogP) is 5.92. The van der Waals surface area contributed by atoms with E-state index in [-0.39, 0.29) is 11.7 Å². The maximum atomic E-state index is 13.2. The molecule has 0 amide bonds. The Balaban J connectivity index is 2.33. The third-order valence-corrected chi connectivity index (χ3v) is 5.50. The molecule has 1 aromatic heterocycles. The van der Waals surface area contributed by atoms with Crippen LogP contribution < -0.4 is 0 Å². The highest BCUT2D eigenvalue weighted by Gasteiger charge is 2.25. The zero-order valence-electron chi connectivity index (χ0n) is 17.3. The Hall–Kier alpha value is -2.59. The van der Waals surface area contributed by atoms with Crippen LogP contribution in [0, 0.1) is 5.92 Å². The number of nitrogens with zero attached hydrogens (tertiary/aromatic N) is 1. The molecule has 0 atom stereocenters. The first-order chi connectivity index (χ1) is 13.9. The normalized spacial score (nSPS) is 11.2. The second-order valence-corrected chi connectivity index (χ2v) is 7.90. The molecule has 0 N–H and O–H groups in total. The lowest BCUT2D eigenvalue weighted by Gasteiger charge is -2.14. The van der Waals surface area contributed by atoms with Crippen molar-refractivity contribution in [2.24, 2.45) is 5.92 Å². The fraction of sp³-hybridized carbons (Fsp3) is 0.333. The van der Waals surface area contributed by atoms with Crippen LogP contribution in [-0.2, 0) is 17.7 Å². The third-order valence-electron chi connectivity index (χ3n) is 5.13. The molecule has 4 nitrogen and oxygen atoms in total. The van der Waals surface area contributed by atoms with Crippen molar-refractivity contribution >= 4 is 34.3 Å². The van der Waals surface area contributed by atoms with Crippen molar-refractivity contribution in [1.29, 1.82) is 0 Å². The lowest BCUT2D eigenvalue weighted by Crippen LogP contribution is -2.17. The predicted molar refractivity (Wildman–Crippen MR) is 117 cm³/mol. The summed E-state index contributed by atoms with van der Waals surface area (Å²) in [5.74, 6) is -0.442. The lowest BCUT2D eigenvalue weighted by atomic mass is 9.98. The average molecular weight is 412 g/mol.